The van der Waals surface area contributed by atoms with E-state index in [0.717, 1.165) is 16.7 Å². The molecule has 34 heavy (non-hydrogen) atoms. The van der Waals surface area contributed by atoms with Crippen molar-refractivity contribution in [2.45, 2.75) is 38.2 Å². The summed E-state index contributed by atoms with van der Waals surface area (Å²) in [5.41, 5.74) is 3.33. The lowest BCUT2D eigenvalue weighted by Crippen LogP contribution is -2.32. The number of ether oxygens (including phenoxy) is 2. The highest BCUT2D eigenvalue weighted by Gasteiger charge is 2.48. The van der Waals surface area contributed by atoms with Crippen molar-refractivity contribution in [2.24, 2.45) is 11.8 Å². The summed E-state index contributed by atoms with van der Waals surface area (Å²) >= 11 is 0. The molecular weight excluding hydrogens is 452 g/mol. The van der Waals surface area contributed by atoms with Gasteiger partial charge in [0.05, 0.1) is 18.8 Å². The Labute approximate surface area is 201 Å². The molecule has 5 rings (SSSR count). The number of nitrogens with zero attached hydrogens (tertiary/aromatic N) is 2. The van der Waals surface area contributed by atoms with Gasteiger partial charge in [0, 0.05) is 25.8 Å². The van der Waals surface area contributed by atoms with Gasteiger partial charge in [0.2, 0.25) is 10.0 Å². The van der Waals surface area contributed by atoms with Crippen molar-refractivity contribution in [3.8, 4) is 5.75 Å². The Balaban J connectivity index is 1.27. The van der Waals surface area contributed by atoms with Crippen LogP contribution >= 0.6 is 0 Å². The van der Waals surface area contributed by atoms with E-state index in [9.17, 15) is 13.2 Å². The Morgan fingerprint density at radius 2 is 1.62 bits per heavy atom. The summed E-state index contributed by atoms with van der Waals surface area (Å²) in [4.78, 5) is 15.0. The number of hydrogen-bond donors (Lipinski definition) is 0. The lowest BCUT2D eigenvalue weighted by Gasteiger charge is -2.20. The van der Waals surface area contributed by atoms with Gasteiger partial charge in [-0.2, -0.15) is 0 Å². The quantitative estimate of drug-likeness (QED) is 0.604. The van der Waals surface area contributed by atoms with Gasteiger partial charge < -0.3 is 14.4 Å². The van der Waals surface area contributed by atoms with Crippen LogP contribution < -0.4 is 4.74 Å². The number of aryl methyl sites for hydroxylation is 2. The minimum atomic E-state index is -3.33. The third-order valence-corrected chi connectivity index (χ3v) is 9.16. The first kappa shape index (κ1) is 23.3. The van der Waals surface area contributed by atoms with Crippen molar-refractivity contribution >= 4 is 15.9 Å². The van der Waals surface area contributed by atoms with Crippen molar-refractivity contribution in [3.63, 3.8) is 0 Å². The summed E-state index contributed by atoms with van der Waals surface area (Å²) in [5.74, 6) is 1.66. The average Bonchev–Trinajstić information content (AvgIpc) is 3.19. The molecule has 1 amide bonds. The van der Waals surface area contributed by atoms with Crippen LogP contribution in [0.25, 0.3) is 0 Å². The lowest BCUT2D eigenvalue weighted by atomic mass is 10.0. The van der Waals surface area contributed by atoms with E-state index in [1.54, 1.807) is 22.4 Å². The van der Waals surface area contributed by atoms with Crippen molar-refractivity contribution in [1.29, 1.82) is 0 Å². The average molecular weight is 485 g/mol. The highest BCUT2D eigenvalue weighted by atomic mass is 32.2. The molecule has 182 valence electrons. The molecule has 7 nitrogen and oxygen atoms in total. The maximum atomic E-state index is 13.3. The van der Waals surface area contributed by atoms with Gasteiger partial charge in [0.25, 0.3) is 5.91 Å². The highest BCUT2D eigenvalue weighted by Crippen LogP contribution is 2.46. The molecule has 2 heterocycles. The zero-order chi connectivity index (χ0) is 24.0. The molecule has 0 spiro atoms. The van der Waals surface area contributed by atoms with Gasteiger partial charge in [-0.25, -0.2) is 12.7 Å². The molecule has 1 saturated carbocycles. The highest BCUT2D eigenvalue weighted by molar-refractivity contribution is 7.88. The fraction of sp³-hybridized carbons (Fsp3) is 0.500. The smallest absolute Gasteiger partial charge is 0.254 e. The molecule has 1 aliphatic carbocycles. The van der Waals surface area contributed by atoms with Crippen LogP contribution in [0, 0.1) is 25.7 Å². The normalized spacial score (nSPS) is 26.5. The molecule has 2 aromatic rings. The van der Waals surface area contributed by atoms with E-state index < -0.39 is 10.0 Å². The van der Waals surface area contributed by atoms with Crippen LogP contribution in [0.4, 0.5) is 0 Å². The second-order valence-corrected chi connectivity index (χ2v) is 11.9. The number of rotatable bonds is 7. The van der Waals surface area contributed by atoms with Gasteiger partial charge in [-0.15, -0.1) is 0 Å². The van der Waals surface area contributed by atoms with Crippen molar-refractivity contribution in [2.75, 3.05) is 33.3 Å². The SMILES string of the molecule is CO[C@@H]1CN(C(=O)c2c(C)cccc2C)C[C@H]1Oc1cccc(CS(=O)(=O)N2CC3CC3C2)c1. The molecule has 0 bridgehead atoms. The van der Waals surface area contributed by atoms with E-state index in [4.69, 9.17) is 9.47 Å². The Bertz CT molecular complexity index is 1170. The number of benzene rings is 2. The zero-order valence-corrected chi connectivity index (χ0v) is 20.8. The second kappa shape index (κ2) is 8.98. The zero-order valence-electron chi connectivity index (χ0n) is 19.9. The van der Waals surface area contributed by atoms with E-state index in [1.807, 2.05) is 50.2 Å². The minimum Gasteiger partial charge on any atom is -0.486 e. The summed E-state index contributed by atoms with van der Waals surface area (Å²) in [6.45, 7) is 6.06. The predicted molar refractivity (Wildman–Crippen MR) is 129 cm³/mol. The molecule has 2 aromatic carbocycles. The third kappa shape index (κ3) is 4.59. The van der Waals surface area contributed by atoms with Gasteiger partial charge in [0.15, 0.2) is 0 Å². The maximum Gasteiger partial charge on any atom is 0.254 e. The maximum absolute atomic E-state index is 13.3. The first-order chi connectivity index (χ1) is 16.2. The largest absolute Gasteiger partial charge is 0.486 e. The van der Waals surface area contributed by atoms with Gasteiger partial charge in [0.1, 0.15) is 18.0 Å². The number of fused-ring (bicyclic) bond motifs is 1. The fourth-order valence-corrected chi connectivity index (χ4v) is 6.95. The van der Waals surface area contributed by atoms with Gasteiger partial charge in [-0.1, -0.05) is 30.3 Å². The number of carbonyl (C=O) groups is 1. The fourth-order valence-electron chi connectivity index (χ4n) is 5.33. The minimum absolute atomic E-state index is 0.0211. The van der Waals surface area contributed by atoms with Crippen LogP contribution in [0.15, 0.2) is 42.5 Å². The number of piperidine rings is 1. The molecule has 0 N–H and O–H groups in total. The van der Waals surface area contributed by atoms with E-state index in [2.05, 4.69) is 0 Å². The Kier molecular flexibility index (Phi) is 6.16. The summed E-state index contributed by atoms with van der Waals surface area (Å²) in [5, 5.41) is 0. The van der Waals surface area contributed by atoms with Crippen LogP contribution in [0.1, 0.15) is 33.5 Å². The molecule has 2 saturated heterocycles. The summed E-state index contributed by atoms with van der Waals surface area (Å²) < 4.78 is 39.2. The predicted octanol–water partition coefficient (Wildman–Crippen LogP) is 3.00. The third-order valence-electron chi connectivity index (χ3n) is 7.37. The van der Waals surface area contributed by atoms with Crippen LogP contribution in [-0.2, 0) is 20.5 Å². The number of sulfonamides is 1. The van der Waals surface area contributed by atoms with Crippen molar-refractivity contribution in [3.05, 3.63) is 64.7 Å². The molecular formula is C26H32N2O5S. The van der Waals surface area contributed by atoms with Crippen molar-refractivity contribution < 1.29 is 22.7 Å². The molecule has 3 fully saturated rings. The Morgan fingerprint density at radius 1 is 0.971 bits per heavy atom. The second-order valence-electron chi connectivity index (χ2n) is 9.88. The summed E-state index contributed by atoms with van der Waals surface area (Å²) in [7, 11) is -1.71. The molecule has 2 aliphatic heterocycles. The molecule has 3 aliphatic rings. The number of hydrogen-bond acceptors (Lipinski definition) is 5. The van der Waals surface area contributed by atoms with Gasteiger partial charge in [-0.05, 0) is 60.9 Å². The monoisotopic (exact) mass is 484 g/mol. The topological polar surface area (TPSA) is 76.1 Å². The van der Waals surface area contributed by atoms with Crippen LogP contribution in [0.5, 0.6) is 5.75 Å². The standard InChI is InChI=1S/C26H32N2O5S/c1-17-6-4-7-18(2)25(17)26(29)27-14-23(32-3)24(15-27)33-22-9-5-8-19(10-22)16-34(30,31)28-12-20-11-21(20)13-28/h4-10,20-21,23-24H,11-16H2,1-3H3/t20?,21?,23-,24-/m1/s1. The van der Waals surface area contributed by atoms with E-state index >= 15 is 0 Å². The lowest BCUT2D eigenvalue weighted by molar-refractivity contribution is 0.0339. The van der Waals surface area contributed by atoms with Crippen molar-refractivity contribution in [1.82, 2.24) is 9.21 Å². The summed E-state index contributed by atoms with van der Waals surface area (Å²) in [6, 6.07) is 13.1. The van der Waals surface area contributed by atoms with E-state index in [0.29, 0.717) is 49.3 Å². The molecule has 8 heteroatoms. The van der Waals surface area contributed by atoms with Crippen LogP contribution in [0.2, 0.25) is 0 Å². The summed E-state index contributed by atoms with van der Waals surface area (Å²) in [6.07, 6.45) is 0.563. The molecule has 4 atom stereocenters. The van der Waals surface area contributed by atoms with Gasteiger partial charge in [-0.3, -0.25) is 4.79 Å². The Hall–Kier alpha value is -2.42. The molecule has 0 aromatic heterocycles. The first-order valence-electron chi connectivity index (χ1n) is 11.9. The molecule has 2 unspecified atom stereocenters. The number of carbonyl (C=O) groups excluding carboxylic acids is 1. The Morgan fingerprint density at radius 3 is 2.29 bits per heavy atom. The van der Waals surface area contributed by atoms with Gasteiger partial charge >= 0.3 is 0 Å². The van der Waals surface area contributed by atoms with Crippen LogP contribution in [-0.4, -0.2) is 69.0 Å². The molecule has 0 radical (unpaired) electrons. The van der Waals surface area contributed by atoms with Crippen LogP contribution in [0.3, 0.4) is 0 Å². The van der Waals surface area contributed by atoms with E-state index in [1.165, 1.54) is 6.42 Å². The number of likely N-dealkylation sites (tertiary alicyclic amines) is 1. The first-order valence-corrected chi connectivity index (χ1v) is 13.5. The number of methoxy groups -OCH3 is 1. The number of amides is 1. The van der Waals surface area contributed by atoms with E-state index in [-0.39, 0.29) is 23.9 Å².